The second-order valence-electron chi connectivity index (χ2n) is 0.283. The van der Waals surface area contributed by atoms with Gasteiger partial charge < -0.3 is 15.7 Å². The molecule has 0 aromatic rings. The number of rotatable bonds is 0. The van der Waals surface area contributed by atoms with Crippen LogP contribution in [0.3, 0.4) is 0 Å². The van der Waals surface area contributed by atoms with Crippen molar-refractivity contribution >= 4 is 6.16 Å². The summed E-state index contributed by atoms with van der Waals surface area (Å²) in [5.41, 5.74) is 0. The Hall–Kier alpha value is -0.251. The third kappa shape index (κ3) is 452. The van der Waals surface area contributed by atoms with E-state index in [2.05, 4.69) is 0 Å². The summed E-state index contributed by atoms with van der Waals surface area (Å²) in [5, 5.41) is 13.9. The molecule has 41 valence electrons. The summed E-state index contributed by atoms with van der Waals surface area (Å²) in [6, 6.07) is 0. The van der Waals surface area contributed by atoms with Crippen molar-refractivity contribution in [2.75, 3.05) is 0 Å². The molecule has 5 heteroatoms. The summed E-state index contributed by atoms with van der Waals surface area (Å²) in [6.07, 6.45) is -1.83. The Morgan fingerprint density at radius 3 is 1.33 bits per heavy atom. The summed E-state index contributed by atoms with van der Waals surface area (Å²) in [7, 11) is 0. The Balaban J connectivity index is -0.0000000450. The minimum atomic E-state index is -1.83. The fraction of sp³-hybridized carbons (Fsp3) is 0. The Labute approximate surface area is 44.6 Å². The summed E-state index contributed by atoms with van der Waals surface area (Å²) < 4.78 is 0. The fourth-order valence-electron chi connectivity index (χ4n) is 0. The molecule has 0 bridgehead atoms. The Morgan fingerprint density at radius 1 is 1.33 bits per heavy atom. The monoisotopic (exact) mass is 141 g/mol. The van der Waals surface area contributed by atoms with E-state index in [1.54, 1.807) is 0 Å². The van der Waals surface area contributed by atoms with E-state index in [4.69, 9.17) is 15.0 Å². The average Bonchev–Trinajstić information content (AvgIpc) is 0.811. The van der Waals surface area contributed by atoms with Crippen LogP contribution in [0.2, 0.25) is 0 Å². The van der Waals surface area contributed by atoms with Gasteiger partial charge in [-0.3, -0.25) is 0 Å². The van der Waals surface area contributed by atoms with E-state index in [1.165, 1.54) is 0 Å². The van der Waals surface area contributed by atoms with Crippen molar-refractivity contribution in [2.24, 2.45) is 0 Å². The zero-order valence-corrected chi connectivity index (χ0v) is 3.45. The molecule has 2 N–H and O–H groups in total. The minimum absolute atomic E-state index is 0. The van der Waals surface area contributed by atoms with E-state index in [0.29, 0.717) is 0 Å². The van der Waals surface area contributed by atoms with E-state index in [9.17, 15) is 0 Å². The number of hydrogen-bond donors (Lipinski definition) is 2. The summed E-state index contributed by atoms with van der Waals surface area (Å²) in [6.45, 7) is 0. The van der Waals surface area contributed by atoms with Crippen molar-refractivity contribution in [2.45, 2.75) is 0 Å². The van der Waals surface area contributed by atoms with Crippen LogP contribution in [0.25, 0.3) is 0 Å². The summed E-state index contributed by atoms with van der Waals surface area (Å²) in [4.78, 5) is 8.56. The second kappa shape index (κ2) is 8.83. The smallest absolute Gasteiger partial charge is 2.00 e. The van der Waals surface area contributed by atoms with E-state index in [1.807, 2.05) is 0 Å². The average molecular weight is 142 g/mol. The van der Waals surface area contributed by atoms with Crippen LogP contribution in [0.15, 0.2) is 0 Å². The standard InChI is InChI=1S/CH2O3.Cu.O/c2-1(3)4;;/h(H2,2,3,4);;/q;+2;-2. The van der Waals surface area contributed by atoms with Crippen molar-refractivity contribution in [3.8, 4) is 0 Å². The molecule has 0 unspecified atom stereocenters. The second-order valence-corrected chi connectivity index (χ2v) is 0.283. The quantitative estimate of drug-likeness (QED) is 0.469. The molecular weight excluding hydrogens is 140 g/mol. The number of carbonyl (C=O) groups is 1. The van der Waals surface area contributed by atoms with Crippen LogP contribution in [-0.4, -0.2) is 16.4 Å². The van der Waals surface area contributed by atoms with Gasteiger partial charge in [0.1, 0.15) is 0 Å². The number of carboxylic acid groups (broad SMARTS) is 2. The first-order valence-electron chi connectivity index (χ1n) is 0.651. The normalized spacial score (nSPS) is 4.00. The first kappa shape index (κ1) is 17.2. The Bertz CT molecular complexity index is 30.5. The first-order valence-corrected chi connectivity index (χ1v) is 0.651. The SMILES string of the molecule is O=C(O)O.[Cu+2].[O-2]. The maximum atomic E-state index is 8.56. The predicted octanol–water partition coefficient (Wildman–Crippen LogP) is 0.101. The third-order valence-corrected chi connectivity index (χ3v) is 0. The van der Waals surface area contributed by atoms with Gasteiger partial charge in [-0.05, 0) is 0 Å². The largest absolute Gasteiger partial charge is 2.00 e. The van der Waals surface area contributed by atoms with Crippen molar-refractivity contribution in [1.29, 1.82) is 0 Å². The predicted molar refractivity (Wildman–Crippen MR) is 11.3 cm³/mol. The molecule has 4 nitrogen and oxygen atoms in total. The maximum absolute atomic E-state index is 8.56. The van der Waals surface area contributed by atoms with Crippen LogP contribution >= 0.6 is 0 Å². The molecule has 0 fully saturated rings. The zero-order valence-electron chi connectivity index (χ0n) is 2.51. The van der Waals surface area contributed by atoms with Gasteiger partial charge in [-0.1, -0.05) is 0 Å². The molecule has 6 heavy (non-hydrogen) atoms. The van der Waals surface area contributed by atoms with Crippen molar-refractivity contribution < 1.29 is 37.6 Å². The van der Waals surface area contributed by atoms with Gasteiger partial charge in [-0.25, -0.2) is 4.79 Å². The molecule has 0 amide bonds. The molecule has 0 spiro atoms. The van der Waals surface area contributed by atoms with E-state index in [0.717, 1.165) is 0 Å². The zero-order chi connectivity index (χ0) is 3.58. The maximum Gasteiger partial charge on any atom is 2.00 e. The van der Waals surface area contributed by atoms with E-state index < -0.39 is 6.16 Å². The molecule has 0 aliphatic carbocycles. The Morgan fingerprint density at radius 2 is 1.33 bits per heavy atom. The van der Waals surface area contributed by atoms with E-state index >= 15 is 0 Å². The van der Waals surface area contributed by atoms with Crippen LogP contribution in [0.5, 0.6) is 0 Å². The molecular formula is CH2CuO4. The molecule has 0 aliphatic heterocycles. The summed E-state index contributed by atoms with van der Waals surface area (Å²) in [5.74, 6) is 0. The molecule has 0 atom stereocenters. The van der Waals surface area contributed by atoms with Crippen LogP contribution in [0.4, 0.5) is 4.79 Å². The van der Waals surface area contributed by atoms with Crippen LogP contribution < -0.4 is 0 Å². The fourth-order valence-corrected chi connectivity index (χ4v) is 0. The molecule has 0 aromatic heterocycles. The van der Waals surface area contributed by atoms with Gasteiger partial charge in [0.25, 0.3) is 0 Å². The Kier molecular flexibility index (Phi) is 25.3. The topological polar surface area (TPSA) is 86.0 Å². The molecule has 0 saturated heterocycles. The van der Waals surface area contributed by atoms with Crippen LogP contribution in [0, 0.1) is 0 Å². The van der Waals surface area contributed by atoms with Gasteiger partial charge in [0.2, 0.25) is 0 Å². The van der Waals surface area contributed by atoms with Gasteiger partial charge in [0, 0.05) is 0 Å². The van der Waals surface area contributed by atoms with Gasteiger partial charge in [0.15, 0.2) is 0 Å². The molecule has 1 radical (unpaired) electrons. The van der Waals surface area contributed by atoms with Gasteiger partial charge in [-0.15, -0.1) is 0 Å². The molecule has 0 aliphatic rings. The first-order chi connectivity index (χ1) is 1.73. The molecule has 0 saturated carbocycles. The van der Waals surface area contributed by atoms with E-state index in [-0.39, 0.29) is 22.5 Å². The van der Waals surface area contributed by atoms with Gasteiger partial charge in [0.05, 0.1) is 0 Å². The van der Waals surface area contributed by atoms with Crippen LogP contribution in [0.1, 0.15) is 0 Å². The minimum Gasteiger partial charge on any atom is -2.00 e. The van der Waals surface area contributed by atoms with Gasteiger partial charge >= 0.3 is 23.2 Å². The van der Waals surface area contributed by atoms with Crippen LogP contribution in [-0.2, 0) is 22.5 Å². The molecule has 0 aromatic carbocycles. The molecule has 0 heterocycles. The van der Waals surface area contributed by atoms with Crippen molar-refractivity contribution in [3.05, 3.63) is 0 Å². The number of hydrogen-bond acceptors (Lipinski definition) is 1. The van der Waals surface area contributed by atoms with Crippen molar-refractivity contribution in [1.82, 2.24) is 0 Å². The third-order valence-electron chi connectivity index (χ3n) is 0. The summed E-state index contributed by atoms with van der Waals surface area (Å²) >= 11 is 0. The molecule has 0 rings (SSSR count). The van der Waals surface area contributed by atoms with Gasteiger partial charge in [-0.2, -0.15) is 0 Å². The van der Waals surface area contributed by atoms with Crippen molar-refractivity contribution in [3.63, 3.8) is 0 Å².